The maximum absolute atomic E-state index is 2.42. The Bertz CT molecular complexity index is 564. The first-order valence-electron chi connectivity index (χ1n) is 7.88. The lowest BCUT2D eigenvalue weighted by atomic mass is 9.86. The van der Waals surface area contributed by atoms with Gasteiger partial charge in [-0.3, -0.25) is 0 Å². The Morgan fingerprint density at radius 2 is 1.35 bits per heavy atom. The molecule has 0 aliphatic heterocycles. The lowest BCUT2D eigenvalue weighted by molar-refractivity contribution is 0.940. The molecule has 2 aromatic carbocycles. The minimum absolute atomic E-state index is 1.06. The van der Waals surface area contributed by atoms with Crippen molar-refractivity contribution >= 4 is 0 Å². The van der Waals surface area contributed by atoms with E-state index in [1.165, 1.54) is 16.7 Å². The monoisotopic (exact) mass is 266 g/mol. The molecule has 0 fully saturated rings. The number of hydrogen-bond donors (Lipinski definition) is 0. The molecule has 0 aliphatic rings. The molecule has 0 unspecified atom stereocenters. The van der Waals surface area contributed by atoms with Crippen LogP contribution in [0, 0.1) is 6.92 Å². The third-order valence-electron chi connectivity index (χ3n) is 4.28. The Kier molecular flexibility index (Phi) is 5.00. The average Bonchev–Trinajstić information content (AvgIpc) is 2.47. The van der Waals surface area contributed by atoms with Crippen LogP contribution >= 0.6 is 0 Å². The first kappa shape index (κ1) is 14.8. The normalized spacial score (nSPS) is 10.8. The standard InChI is InChI=1S/C20H26/c1-5-18-15(4)13-17(19(6-2)20(18)7-3)14-16-11-9-8-10-12-16/h8-13H,5-7,14H2,1-4H3. The van der Waals surface area contributed by atoms with Gasteiger partial charge in [0.1, 0.15) is 0 Å². The molecule has 0 bridgehead atoms. The second-order valence-electron chi connectivity index (χ2n) is 5.51. The Hall–Kier alpha value is -1.56. The van der Waals surface area contributed by atoms with Crippen molar-refractivity contribution in [3.8, 4) is 0 Å². The zero-order valence-electron chi connectivity index (χ0n) is 13.3. The van der Waals surface area contributed by atoms with Gasteiger partial charge >= 0.3 is 0 Å². The molecular weight excluding hydrogens is 240 g/mol. The van der Waals surface area contributed by atoms with E-state index in [1.54, 1.807) is 16.7 Å². The van der Waals surface area contributed by atoms with E-state index in [0.717, 1.165) is 25.7 Å². The van der Waals surface area contributed by atoms with Crippen LogP contribution in [0.3, 0.4) is 0 Å². The summed E-state index contributed by atoms with van der Waals surface area (Å²) in [4.78, 5) is 0. The molecule has 0 atom stereocenters. The molecule has 0 heterocycles. The van der Waals surface area contributed by atoms with Gasteiger partial charge in [0.05, 0.1) is 0 Å². The minimum atomic E-state index is 1.06. The van der Waals surface area contributed by atoms with Crippen LogP contribution in [0.25, 0.3) is 0 Å². The van der Waals surface area contributed by atoms with Crippen LogP contribution < -0.4 is 0 Å². The van der Waals surface area contributed by atoms with Crippen molar-refractivity contribution in [2.45, 2.75) is 53.4 Å². The quantitative estimate of drug-likeness (QED) is 0.691. The molecule has 0 amide bonds. The molecule has 0 spiro atoms. The first-order chi connectivity index (χ1) is 9.71. The summed E-state index contributed by atoms with van der Waals surface area (Å²) in [6.45, 7) is 9.13. The molecule has 0 heteroatoms. The van der Waals surface area contributed by atoms with Gasteiger partial charge in [-0.05, 0) is 66.0 Å². The Morgan fingerprint density at radius 1 is 0.750 bits per heavy atom. The fourth-order valence-electron chi connectivity index (χ4n) is 3.38. The van der Waals surface area contributed by atoms with Gasteiger partial charge in [-0.1, -0.05) is 57.2 Å². The SMILES string of the molecule is CCc1c(C)cc(Cc2ccccc2)c(CC)c1CC. The second kappa shape index (κ2) is 6.74. The largest absolute Gasteiger partial charge is 0.0622 e. The predicted molar refractivity (Wildman–Crippen MR) is 88.6 cm³/mol. The van der Waals surface area contributed by atoms with Crippen LogP contribution in [0.2, 0.25) is 0 Å². The number of aryl methyl sites for hydroxylation is 1. The van der Waals surface area contributed by atoms with Gasteiger partial charge in [-0.25, -0.2) is 0 Å². The molecule has 0 nitrogen and oxygen atoms in total. The highest BCUT2D eigenvalue weighted by Gasteiger charge is 2.13. The van der Waals surface area contributed by atoms with E-state index in [2.05, 4.69) is 64.1 Å². The van der Waals surface area contributed by atoms with E-state index in [0.29, 0.717) is 0 Å². The summed E-state index contributed by atoms with van der Waals surface area (Å²) < 4.78 is 0. The summed E-state index contributed by atoms with van der Waals surface area (Å²) >= 11 is 0. The van der Waals surface area contributed by atoms with Gasteiger partial charge in [0, 0.05) is 0 Å². The zero-order valence-corrected chi connectivity index (χ0v) is 13.3. The van der Waals surface area contributed by atoms with Crippen molar-refractivity contribution in [2.24, 2.45) is 0 Å². The number of benzene rings is 2. The van der Waals surface area contributed by atoms with Gasteiger partial charge in [0.15, 0.2) is 0 Å². The Morgan fingerprint density at radius 3 is 1.90 bits per heavy atom. The van der Waals surface area contributed by atoms with Gasteiger partial charge in [0.2, 0.25) is 0 Å². The molecule has 0 aromatic heterocycles. The van der Waals surface area contributed by atoms with E-state index in [9.17, 15) is 0 Å². The fraction of sp³-hybridized carbons (Fsp3) is 0.400. The van der Waals surface area contributed by atoms with Crippen molar-refractivity contribution in [1.29, 1.82) is 0 Å². The van der Waals surface area contributed by atoms with E-state index in [1.807, 2.05) is 0 Å². The molecular formula is C20H26. The van der Waals surface area contributed by atoms with E-state index < -0.39 is 0 Å². The number of rotatable bonds is 5. The second-order valence-corrected chi connectivity index (χ2v) is 5.51. The van der Waals surface area contributed by atoms with E-state index in [-0.39, 0.29) is 0 Å². The van der Waals surface area contributed by atoms with Gasteiger partial charge < -0.3 is 0 Å². The zero-order chi connectivity index (χ0) is 14.5. The van der Waals surface area contributed by atoms with Gasteiger partial charge in [-0.15, -0.1) is 0 Å². The van der Waals surface area contributed by atoms with Gasteiger partial charge in [-0.2, -0.15) is 0 Å². The molecule has 2 aromatic rings. The van der Waals surface area contributed by atoms with Crippen molar-refractivity contribution in [1.82, 2.24) is 0 Å². The fourth-order valence-corrected chi connectivity index (χ4v) is 3.38. The van der Waals surface area contributed by atoms with Crippen LogP contribution in [0.5, 0.6) is 0 Å². The summed E-state index contributed by atoms with van der Waals surface area (Å²) in [7, 11) is 0. The minimum Gasteiger partial charge on any atom is -0.0622 e. The molecule has 20 heavy (non-hydrogen) atoms. The average molecular weight is 266 g/mol. The molecule has 0 saturated heterocycles. The lowest BCUT2D eigenvalue weighted by Gasteiger charge is -2.19. The summed E-state index contributed by atoms with van der Waals surface area (Å²) in [6.07, 6.45) is 4.49. The third-order valence-corrected chi connectivity index (χ3v) is 4.28. The number of hydrogen-bond acceptors (Lipinski definition) is 0. The third kappa shape index (κ3) is 2.95. The summed E-state index contributed by atoms with van der Waals surface area (Å²) in [5.74, 6) is 0. The highest BCUT2D eigenvalue weighted by molar-refractivity contribution is 5.47. The molecule has 2 rings (SSSR count). The Labute approximate surface area is 123 Å². The highest BCUT2D eigenvalue weighted by atomic mass is 14.2. The predicted octanol–water partition coefficient (Wildman–Crippen LogP) is 5.27. The molecule has 0 radical (unpaired) electrons. The smallest absolute Gasteiger partial charge is 0.00228 e. The van der Waals surface area contributed by atoms with E-state index in [4.69, 9.17) is 0 Å². The van der Waals surface area contributed by atoms with Crippen LogP contribution in [-0.4, -0.2) is 0 Å². The summed E-state index contributed by atoms with van der Waals surface area (Å²) in [6, 6.07) is 13.2. The molecule has 0 N–H and O–H groups in total. The van der Waals surface area contributed by atoms with Crippen molar-refractivity contribution < 1.29 is 0 Å². The van der Waals surface area contributed by atoms with Crippen LogP contribution in [0.1, 0.15) is 54.2 Å². The molecule has 0 saturated carbocycles. The Balaban J connectivity index is 2.50. The summed E-state index contributed by atoms with van der Waals surface area (Å²) in [5, 5.41) is 0. The molecule has 106 valence electrons. The van der Waals surface area contributed by atoms with Crippen molar-refractivity contribution in [2.75, 3.05) is 0 Å². The maximum Gasteiger partial charge on any atom is -0.00228 e. The van der Waals surface area contributed by atoms with Crippen molar-refractivity contribution in [3.05, 3.63) is 69.8 Å². The summed E-state index contributed by atoms with van der Waals surface area (Å²) in [5.41, 5.74) is 9.14. The van der Waals surface area contributed by atoms with Crippen LogP contribution in [0.15, 0.2) is 36.4 Å². The highest BCUT2D eigenvalue weighted by Crippen LogP contribution is 2.27. The van der Waals surface area contributed by atoms with Gasteiger partial charge in [0.25, 0.3) is 0 Å². The van der Waals surface area contributed by atoms with Crippen LogP contribution in [-0.2, 0) is 25.7 Å². The van der Waals surface area contributed by atoms with Crippen molar-refractivity contribution in [3.63, 3.8) is 0 Å². The van der Waals surface area contributed by atoms with E-state index >= 15 is 0 Å². The maximum atomic E-state index is 2.42. The van der Waals surface area contributed by atoms with Crippen LogP contribution in [0.4, 0.5) is 0 Å². The molecule has 0 aliphatic carbocycles. The lowest BCUT2D eigenvalue weighted by Crippen LogP contribution is -2.06. The topological polar surface area (TPSA) is 0 Å². The first-order valence-corrected chi connectivity index (χ1v) is 7.88.